The van der Waals surface area contributed by atoms with E-state index >= 15 is 0 Å². The van der Waals surface area contributed by atoms with Gasteiger partial charge in [-0.2, -0.15) is 5.26 Å². The molecule has 114 valence electrons. The molecule has 0 aliphatic rings. The minimum absolute atomic E-state index is 0.212. The molecule has 5 heteroatoms. The van der Waals surface area contributed by atoms with E-state index in [1.807, 2.05) is 36.9 Å². The van der Waals surface area contributed by atoms with Crippen LogP contribution in [-0.4, -0.2) is 18.1 Å². The number of benzene rings is 1. The fraction of sp³-hybridized carbons (Fsp3) is 0.294. The lowest BCUT2D eigenvalue weighted by Crippen LogP contribution is -2.23. The number of pyridine rings is 1. The van der Waals surface area contributed by atoms with Crippen LogP contribution in [0.3, 0.4) is 0 Å². The smallest absolute Gasteiger partial charge is 0.146 e. The molecular formula is C17H19FN4. The second-order valence-corrected chi connectivity index (χ2v) is 4.86. The first kappa shape index (κ1) is 15.8. The van der Waals surface area contributed by atoms with E-state index in [9.17, 15) is 4.39 Å². The second-order valence-electron chi connectivity index (χ2n) is 4.86. The van der Waals surface area contributed by atoms with E-state index < -0.39 is 0 Å². The molecule has 0 fully saturated rings. The number of nitrogens with zero attached hydrogens (tertiary/aromatic N) is 3. The molecule has 2 aromatic rings. The lowest BCUT2D eigenvalue weighted by Gasteiger charge is -2.22. The van der Waals surface area contributed by atoms with Gasteiger partial charge < -0.3 is 10.2 Å². The molecule has 2 rings (SSSR count). The Morgan fingerprint density at radius 1 is 1.23 bits per heavy atom. The molecule has 4 nitrogen and oxygen atoms in total. The maximum atomic E-state index is 14.2. The van der Waals surface area contributed by atoms with Gasteiger partial charge >= 0.3 is 0 Å². The van der Waals surface area contributed by atoms with Gasteiger partial charge in [0, 0.05) is 25.8 Å². The van der Waals surface area contributed by atoms with E-state index in [4.69, 9.17) is 5.26 Å². The summed E-state index contributed by atoms with van der Waals surface area (Å²) in [5.41, 5.74) is 1.99. The molecule has 0 amide bonds. The number of hydrogen-bond acceptors (Lipinski definition) is 4. The molecule has 0 atom stereocenters. The average Bonchev–Trinajstić information content (AvgIpc) is 2.56. The number of anilines is 2. The quantitative estimate of drug-likeness (QED) is 0.886. The Morgan fingerprint density at radius 3 is 2.55 bits per heavy atom. The van der Waals surface area contributed by atoms with Crippen LogP contribution in [0.2, 0.25) is 0 Å². The molecule has 1 N–H and O–H groups in total. The zero-order chi connectivity index (χ0) is 15.9. The van der Waals surface area contributed by atoms with Crippen molar-refractivity contribution in [3.63, 3.8) is 0 Å². The van der Waals surface area contributed by atoms with Crippen LogP contribution in [0, 0.1) is 17.1 Å². The highest BCUT2D eigenvalue weighted by molar-refractivity contribution is 5.49. The molecule has 0 bridgehead atoms. The molecule has 0 radical (unpaired) electrons. The maximum Gasteiger partial charge on any atom is 0.146 e. The number of nitriles is 1. The van der Waals surface area contributed by atoms with Gasteiger partial charge in [0.15, 0.2) is 0 Å². The summed E-state index contributed by atoms with van der Waals surface area (Å²) in [4.78, 5) is 6.10. The Kier molecular flexibility index (Phi) is 5.31. The van der Waals surface area contributed by atoms with E-state index in [1.165, 1.54) is 6.20 Å². The van der Waals surface area contributed by atoms with Gasteiger partial charge in [0.25, 0.3) is 0 Å². The van der Waals surface area contributed by atoms with Crippen LogP contribution >= 0.6 is 0 Å². The molecular weight excluding hydrogens is 279 g/mol. The van der Waals surface area contributed by atoms with E-state index in [2.05, 4.69) is 10.3 Å². The fourth-order valence-electron chi connectivity index (χ4n) is 2.24. The van der Waals surface area contributed by atoms with Crippen LogP contribution in [0.1, 0.15) is 25.0 Å². The van der Waals surface area contributed by atoms with Crippen LogP contribution < -0.4 is 10.2 Å². The van der Waals surface area contributed by atoms with Crippen molar-refractivity contribution in [2.45, 2.75) is 20.4 Å². The topological polar surface area (TPSA) is 52.0 Å². The van der Waals surface area contributed by atoms with Crippen LogP contribution in [0.25, 0.3) is 0 Å². The second kappa shape index (κ2) is 7.41. The standard InChI is InChI=1S/C17H19FN4/c1-3-22(4-2)16-7-5-13(9-15(16)18)11-20-17-8-6-14(10-19)12-21-17/h5-9,12H,3-4,11H2,1-2H3,(H,20,21). The molecule has 1 aromatic heterocycles. The zero-order valence-electron chi connectivity index (χ0n) is 12.8. The van der Waals surface area contributed by atoms with Gasteiger partial charge in [0.2, 0.25) is 0 Å². The minimum atomic E-state index is -0.212. The van der Waals surface area contributed by atoms with E-state index in [0.29, 0.717) is 23.6 Å². The van der Waals surface area contributed by atoms with Gasteiger partial charge in [-0.15, -0.1) is 0 Å². The first-order chi connectivity index (χ1) is 10.7. The Balaban J connectivity index is 2.04. The molecule has 0 saturated heterocycles. The summed E-state index contributed by atoms with van der Waals surface area (Å²) in [6.07, 6.45) is 1.51. The first-order valence-electron chi connectivity index (χ1n) is 7.31. The number of halogens is 1. The van der Waals surface area contributed by atoms with Crippen LogP contribution in [-0.2, 0) is 6.54 Å². The molecule has 22 heavy (non-hydrogen) atoms. The molecule has 0 aliphatic heterocycles. The number of rotatable bonds is 6. The Morgan fingerprint density at radius 2 is 2.00 bits per heavy atom. The normalized spacial score (nSPS) is 10.1. The third kappa shape index (κ3) is 3.73. The van der Waals surface area contributed by atoms with Crippen LogP contribution in [0.15, 0.2) is 36.5 Å². The highest BCUT2D eigenvalue weighted by Gasteiger charge is 2.09. The highest BCUT2D eigenvalue weighted by atomic mass is 19.1. The minimum Gasteiger partial charge on any atom is -0.370 e. The highest BCUT2D eigenvalue weighted by Crippen LogP contribution is 2.20. The van der Waals surface area contributed by atoms with Gasteiger partial charge in [-0.05, 0) is 43.7 Å². The SMILES string of the molecule is CCN(CC)c1ccc(CNc2ccc(C#N)cn2)cc1F. The monoisotopic (exact) mass is 298 g/mol. The van der Waals surface area contributed by atoms with Gasteiger partial charge in [-0.25, -0.2) is 9.37 Å². The molecule has 0 spiro atoms. The number of hydrogen-bond donors (Lipinski definition) is 1. The molecule has 1 aromatic carbocycles. The van der Waals surface area contributed by atoms with Crippen molar-refractivity contribution in [3.05, 3.63) is 53.5 Å². The summed E-state index contributed by atoms with van der Waals surface area (Å²) >= 11 is 0. The van der Waals surface area contributed by atoms with Crippen molar-refractivity contribution in [1.82, 2.24) is 4.98 Å². The largest absolute Gasteiger partial charge is 0.370 e. The van der Waals surface area contributed by atoms with Crippen molar-refractivity contribution in [1.29, 1.82) is 5.26 Å². The zero-order valence-corrected chi connectivity index (χ0v) is 12.8. The number of aromatic nitrogens is 1. The van der Waals surface area contributed by atoms with Crippen LogP contribution in [0.5, 0.6) is 0 Å². The summed E-state index contributed by atoms with van der Waals surface area (Å²) < 4.78 is 14.2. The molecule has 0 unspecified atom stereocenters. The van der Waals surface area contributed by atoms with Crippen molar-refractivity contribution in [2.24, 2.45) is 0 Å². The Hall–Kier alpha value is -2.61. The van der Waals surface area contributed by atoms with Crippen molar-refractivity contribution in [3.8, 4) is 6.07 Å². The summed E-state index contributed by atoms with van der Waals surface area (Å²) in [6, 6.07) is 10.7. The molecule has 0 aliphatic carbocycles. The average molecular weight is 298 g/mol. The van der Waals surface area contributed by atoms with Gasteiger partial charge in [0.05, 0.1) is 11.3 Å². The molecule has 1 heterocycles. The molecule has 0 saturated carbocycles. The summed E-state index contributed by atoms with van der Waals surface area (Å²) in [6.45, 7) is 6.05. The Labute approximate surface area is 130 Å². The van der Waals surface area contributed by atoms with Gasteiger partial charge in [-0.3, -0.25) is 0 Å². The number of nitrogens with one attached hydrogen (secondary N) is 1. The summed E-state index contributed by atoms with van der Waals surface area (Å²) in [5, 5.41) is 11.8. The predicted octanol–water partition coefficient (Wildman–Crippen LogP) is 3.55. The Bertz CT molecular complexity index is 657. The van der Waals surface area contributed by atoms with Crippen molar-refractivity contribution >= 4 is 11.5 Å². The fourth-order valence-corrected chi connectivity index (χ4v) is 2.24. The summed E-state index contributed by atoms with van der Waals surface area (Å²) in [7, 11) is 0. The van der Waals surface area contributed by atoms with Gasteiger partial charge in [-0.1, -0.05) is 6.07 Å². The van der Waals surface area contributed by atoms with Crippen molar-refractivity contribution < 1.29 is 4.39 Å². The summed E-state index contributed by atoms with van der Waals surface area (Å²) in [5.74, 6) is 0.447. The van der Waals surface area contributed by atoms with E-state index in [1.54, 1.807) is 18.2 Å². The maximum absolute atomic E-state index is 14.2. The van der Waals surface area contributed by atoms with E-state index in [0.717, 1.165) is 18.7 Å². The van der Waals surface area contributed by atoms with Crippen molar-refractivity contribution in [2.75, 3.05) is 23.3 Å². The predicted molar refractivity (Wildman–Crippen MR) is 86.2 cm³/mol. The lowest BCUT2D eigenvalue weighted by molar-refractivity contribution is 0.618. The first-order valence-corrected chi connectivity index (χ1v) is 7.31. The third-order valence-electron chi connectivity index (χ3n) is 3.48. The van der Waals surface area contributed by atoms with E-state index in [-0.39, 0.29) is 5.82 Å². The third-order valence-corrected chi connectivity index (χ3v) is 3.48. The lowest BCUT2D eigenvalue weighted by atomic mass is 10.1. The van der Waals surface area contributed by atoms with Gasteiger partial charge in [0.1, 0.15) is 17.7 Å². The van der Waals surface area contributed by atoms with Crippen LogP contribution in [0.4, 0.5) is 15.9 Å².